The van der Waals surface area contributed by atoms with Gasteiger partial charge in [0.1, 0.15) is 11.4 Å². The second-order valence-corrected chi connectivity index (χ2v) is 5.73. The van der Waals surface area contributed by atoms with Gasteiger partial charge in [-0.1, -0.05) is 25.1 Å². The molecule has 2 aromatic rings. The zero-order valence-electron chi connectivity index (χ0n) is 11.6. The fraction of sp³-hybridized carbons (Fsp3) is 0.467. The zero-order chi connectivity index (χ0) is 13.5. The van der Waals surface area contributed by atoms with Crippen LogP contribution >= 0.6 is 11.8 Å². The normalized spacial score (nSPS) is 12.7. The maximum absolute atomic E-state index is 4.40. The lowest BCUT2D eigenvalue weighted by atomic mass is 10.2. The predicted octanol–water partition coefficient (Wildman–Crippen LogP) is 3.50. The van der Waals surface area contributed by atoms with E-state index in [1.54, 1.807) is 6.33 Å². The average molecular weight is 275 g/mol. The van der Waals surface area contributed by atoms with Gasteiger partial charge >= 0.3 is 0 Å². The van der Waals surface area contributed by atoms with Crippen LogP contribution in [0.25, 0.3) is 10.9 Å². The van der Waals surface area contributed by atoms with Crippen LogP contribution < -0.4 is 5.32 Å². The summed E-state index contributed by atoms with van der Waals surface area (Å²) in [6.45, 7) is 5.44. The first-order valence-corrected chi connectivity index (χ1v) is 7.85. The highest BCUT2D eigenvalue weighted by atomic mass is 32.2. The Labute approximate surface area is 119 Å². The summed E-state index contributed by atoms with van der Waals surface area (Å²) in [6, 6.07) is 8.80. The Morgan fingerprint density at radius 2 is 2.11 bits per heavy atom. The van der Waals surface area contributed by atoms with Crippen molar-refractivity contribution in [1.29, 1.82) is 0 Å². The largest absolute Gasteiger partial charge is 0.315 e. The van der Waals surface area contributed by atoms with Crippen molar-refractivity contribution in [2.75, 3.05) is 12.3 Å². The van der Waals surface area contributed by atoms with E-state index in [2.05, 4.69) is 35.2 Å². The van der Waals surface area contributed by atoms with Crippen LogP contribution in [0.15, 0.2) is 35.6 Å². The summed E-state index contributed by atoms with van der Waals surface area (Å²) in [4.78, 5) is 8.68. The zero-order valence-corrected chi connectivity index (χ0v) is 12.4. The van der Waals surface area contributed by atoms with Crippen molar-refractivity contribution in [2.24, 2.45) is 0 Å². The molecule has 0 saturated heterocycles. The molecule has 0 aliphatic heterocycles. The van der Waals surface area contributed by atoms with Crippen molar-refractivity contribution in [3.05, 3.63) is 30.6 Å². The predicted molar refractivity (Wildman–Crippen MR) is 82.6 cm³/mol. The Balaban J connectivity index is 1.88. The van der Waals surface area contributed by atoms with Gasteiger partial charge in [0.25, 0.3) is 0 Å². The minimum absolute atomic E-state index is 0.604. The third-order valence-electron chi connectivity index (χ3n) is 3.08. The number of nitrogens with one attached hydrogen (secondary N) is 1. The third kappa shape index (κ3) is 4.18. The molecule has 102 valence electrons. The summed E-state index contributed by atoms with van der Waals surface area (Å²) in [5.74, 6) is 1.11. The van der Waals surface area contributed by atoms with E-state index in [0.29, 0.717) is 6.04 Å². The number of benzene rings is 1. The molecule has 1 heterocycles. The number of thioether (sulfide) groups is 1. The quantitative estimate of drug-likeness (QED) is 0.477. The molecule has 0 saturated carbocycles. The topological polar surface area (TPSA) is 37.8 Å². The van der Waals surface area contributed by atoms with Crippen LogP contribution in [0.1, 0.15) is 26.7 Å². The SMILES string of the molecule is CCNC(C)CCCSc1ncnc2ccccc12. The lowest BCUT2D eigenvalue weighted by Gasteiger charge is -2.11. The fourth-order valence-corrected chi connectivity index (χ4v) is 3.06. The minimum Gasteiger partial charge on any atom is -0.315 e. The lowest BCUT2D eigenvalue weighted by molar-refractivity contribution is 0.526. The van der Waals surface area contributed by atoms with E-state index in [1.807, 2.05) is 30.0 Å². The van der Waals surface area contributed by atoms with Gasteiger partial charge in [-0.25, -0.2) is 9.97 Å². The van der Waals surface area contributed by atoms with Crippen LogP contribution in [-0.2, 0) is 0 Å². The molecule has 19 heavy (non-hydrogen) atoms. The molecule has 0 bridgehead atoms. The van der Waals surface area contributed by atoms with E-state index in [1.165, 1.54) is 12.8 Å². The number of hydrogen-bond donors (Lipinski definition) is 1. The second kappa shape index (κ2) is 7.46. The number of rotatable bonds is 7. The first kappa shape index (κ1) is 14.3. The Kier molecular flexibility index (Phi) is 5.61. The molecular formula is C15H21N3S. The summed E-state index contributed by atoms with van der Waals surface area (Å²) in [5, 5.41) is 5.70. The van der Waals surface area contributed by atoms with Crippen LogP contribution in [-0.4, -0.2) is 28.3 Å². The molecule has 0 amide bonds. The van der Waals surface area contributed by atoms with Gasteiger partial charge in [-0.3, -0.25) is 0 Å². The molecule has 0 aliphatic carbocycles. The smallest absolute Gasteiger partial charge is 0.117 e. The fourth-order valence-electron chi connectivity index (χ4n) is 2.10. The number of nitrogens with zero attached hydrogens (tertiary/aromatic N) is 2. The maximum Gasteiger partial charge on any atom is 0.117 e. The van der Waals surface area contributed by atoms with Crippen LogP contribution in [0.2, 0.25) is 0 Å². The van der Waals surface area contributed by atoms with Gasteiger partial charge in [0.2, 0.25) is 0 Å². The van der Waals surface area contributed by atoms with E-state index in [0.717, 1.165) is 28.2 Å². The van der Waals surface area contributed by atoms with Gasteiger partial charge in [0.15, 0.2) is 0 Å². The molecule has 0 spiro atoms. The van der Waals surface area contributed by atoms with Gasteiger partial charge in [0.05, 0.1) is 5.52 Å². The van der Waals surface area contributed by atoms with Crippen molar-refractivity contribution < 1.29 is 0 Å². The summed E-state index contributed by atoms with van der Waals surface area (Å²) in [5.41, 5.74) is 1.03. The van der Waals surface area contributed by atoms with Gasteiger partial charge in [0, 0.05) is 11.4 Å². The summed E-state index contributed by atoms with van der Waals surface area (Å²) >= 11 is 1.83. The van der Waals surface area contributed by atoms with E-state index in [-0.39, 0.29) is 0 Å². The highest BCUT2D eigenvalue weighted by Gasteiger charge is 2.04. The van der Waals surface area contributed by atoms with Crippen molar-refractivity contribution in [3.8, 4) is 0 Å². The molecule has 1 atom stereocenters. The Morgan fingerprint density at radius 3 is 2.95 bits per heavy atom. The molecule has 1 unspecified atom stereocenters. The molecule has 1 aromatic carbocycles. The molecule has 1 aromatic heterocycles. The van der Waals surface area contributed by atoms with Gasteiger partial charge in [-0.2, -0.15) is 0 Å². The molecule has 0 fully saturated rings. The van der Waals surface area contributed by atoms with Crippen molar-refractivity contribution in [3.63, 3.8) is 0 Å². The number of hydrogen-bond acceptors (Lipinski definition) is 4. The van der Waals surface area contributed by atoms with E-state index < -0.39 is 0 Å². The second-order valence-electron chi connectivity index (χ2n) is 4.65. The van der Waals surface area contributed by atoms with Gasteiger partial charge in [-0.15, -0.1) is 11.8 Å². The van der Waals surface area contributed by atoms with Crippen molar-refractivity contribution >= 4 is 22.7 Å². The first-order valence-electron chi connectivity index (χ1n) is 6.87. The van der Waals surface area contributed by atoms with E-state index in [9.17, 15) is 0 Å². The van der Waals surface area contributed by atoms with Crippen LogP contribution in [0.5, 0.6) is 0 Å². The van der Waals surface area contributed by atoms with Crippen molar-refractivity contribution in [2.45, 2.75) is 37.8 Å². The van der Waals surface area contributed by atoms with E-state index in [4.69, 9.17) is 0 Å². The maximum atomic E-state index is 4.40. The average Bonchev–Trinajstić information content (AvgIpc) is 2.44. The molecule has 2 rings (SSSR count). The lowest BCUT2D eigenvalue weighted by Crippen LogP contribution is -2.25. The number of aromatic nitrogens is 2. The number of para-hydroxylation sites is 1. The summed E-state index contributed by atoms with van der Waals surface area (Å²) in [7, 11) is 0. The molecule has 0 aliphatic rings. The van der Waals surface area contributed by atoms with Gasteiger partial charge in [-0.05, 0) is 38.1 Å². The van der Waals surface area contributed by atoms with Crippen LogP contribution in [0.3, 0.4) is 0 Å². The van der Waals surface area contributed by atoms with Gasteiger partial charge < -0.3 is 5.32 Å². The summed E-state index contributed by atoms with van der Waals surface area (Å²) < 4.78 is 0. The Morgan fingerprint density at radius 1 is 1.26 bits per heavy atom. The van der Waals surface area contributed by atoms with Crippen LogP contribution in [0, 0.1) is 0 Å². The van der Waals surface area contributed by atoms with E-state index >= 15 is 0 Å². The number of fused-ring (bicyclic) bond motifs is 1. The Hall–Kier alpha value is -1.13. The van der Waals surface area contributed by atoms with Crippen LogP contribution in [0.4, 0.5) is 0 Å². The molecule has 0 radical (unpaired) electrons. The standard InChI is InChI=1S/C15H21N3S/c1-3-16-12(2)7-6-10-19-15-13-8-4-5-9-14(13)17-11-18-15/h4-5,8-9,11-12,16H,3,6-7,10H2,1-2H3. The molecule has 4 heteroatoms. The highest BCUT2D eigenvalue weighted by molar-refractivity contribution is 7.99. The molecule has 3 nitrogen and oxygen atoms in total. The monoisotopic (exact) mass is 275 g/mol. The Bertz CT molecular complexity index is 510. The highest BCUT2D eigenvalue weighted by Crippen LogP contribution is 2.24. The minimum atomic E-state index is 0.604. The summed E-state index contributed by atoms with van der Waals surface area (Å²) in [6.07, 6.45) is 4.08. The molecule has 1 N–H and O–H groups in total. The van der Waals surface area contributed by atoms with Crippen molar-refractivity contribution in [1.82, 2.24) is 15.3 Å². The first-order chi connectivity index (χ1) is 9.31. The molecular weight excluding hydrogens is 254 g/mol. The third-order valence-corrected chi connectivity index (χ3v) is 4.17.